The van der Waals surface area contributed by atoms with E-state index < -0.39 is 41.6 Å². The fourth-order valence-electron chi connectivity index (χ4n) is 3.67. The van der Waals surface area contributed by atoms with E-state index in [9.17, 15) is 19.5 Å². The highest BCUT2D eigenvalue weighted by molar-refractivity contribution is 5.92. The Morgan fingerprint density at radius 1 is 1.40 bits per heavy atom. The summed E-state index contributed by atoms with van der Waals surface area (Å²) in [4.78, 5) is 35.8. The third-order valence-corrected chi connectivity index (χ3v) is 5.51. The molecule has 2 saturated heterocycles. The van der Waals surface area contributed by atoms with Gasteiger partial charge in [-0.2, -0.15) is 0 Å². The van der Waals surface area contributed by atoms with Crippen molar-refractivity contribution in [2.45, 2.75) is 51.1 Å². The first-order chi connectivity index (χ1) is 14.1. The van der Waals surface area contributed by atoms with Crippen molar-refractivity contribution < 1.29 is 38.4 Å². The Morgan fingerprint density at radius 3 is 2.80 bits per heavy atom. The third kappa shape index (κ3) is 4.71. The van der Waals surface area contributed by atoms with Gasteiger partial charge in [0.15, 0.2) is 0 Å². The van der Waals surface area contributed by atoms with Gasteiger partial charge >= 0.3 is 17.9 Å². The van der Waals surface area contributed by atoms with E-state index in [2.05, 4.69) is 6.58 Å². The number of carbonyl (C=O) groups excluding carboxylic acids is 3. The summed E-state index contributed by atoms with van der Waals surface area (Å²) in [6.45, 7) is 8.28. The maximum absolute atomic E-state index is 12.7. The van der Waals surface area contributed by atoms with E-state index in [1.165, 1.54) is 13.0 Å². The summed E-state index contributed by atoms with van der Waals surface area (Å²) in [5, 5.41) is 9.64. The first-order valence-electron chi connectivity index (χ1n) is 9.73. The summed E-state index contributed by atoms with van der Waals surface area (Å²) in [6, 6.07) is 0. The van der Waals surface area contributed by atoms with Gasteiger partial charge in [-0.05, 0) is 31.6 Å². The maximum Gasteiger partial charge on any atom is 0.334 e. The summed E-state index contributed by atoms with van der Waals surface area (Å²) in [5.74, 6) is -2.23. The quantitative estimate of drug-likeness (QED) is 0.310. The molecular formula is C22H26O8. The molecule has 0 saturated carbocycles. The molecular weight excluding hydrogens is 392 g/mol. The molecule has 0 radical (unpaired) electrons. The molecule has 0 aromatic carbocycles. The van der Waals surface area contributed by atoms with Crippen LogP contribution in [0, 0.1) is 5.92 Å². The van der Waals surface area contributed by atoms with E-state index >= 15 is 0 Å². The molecule has 8 nitrogen and oxygen atoms in total. The summed E-state index contributed by atoms with van der Waals surface area (Å²) in [5.41, 5.74) is 0.462. The predicted octanol–water partition coefficient (Wildman–Crippen LogP) is 1.54. The largest absolute Gasteiger partial charge is 0.462 e. The molecule has 0 aromatic rings. The molecule has 5 unspecified atom stereocenters. The van der Waals surface area contributed by atoms with Gasteiger partial charge in [0.2, 0.25) is 0 Å². The van der Waals surface area contributed by atoms with Crippen molar-refractivity contribution in [1.29, 1.82) is 0 Å². The zero-order valence-electron chi connectivity index (χ0n) is 17.3. The zero-order valence-corrected chi connectivity index (χ0v) is 17.3. The second-order valence-corrected chi connectivity index (χ2v) is 7.87. The van der Waals surface area contributed by atoms with Crippen molar-refractivity contribution in [3.8, 4) is 0 Å². The molecule has 8 heteroatoms. The van der Waals surface area contributed by atoms with Crippen molar-refractivity contribution in [2.75, 3.05) is 13.2 Å². The highest BCUT2D eigenvalue weighted by Crippen LogP contribution is 2.46. The van der Waals surface area contributed by atoms with Gasteiger partial charge in [0, 0.05) is 24.5 Å². The molecule has 0 aromatic heterocycles. The fourth-order valence-corrected chi connectivity index (χ4v) is 3.67. The zero-order chi connectivity index (χ0) is 22.1. The summed E-state index contributed by atoms with van der Waals surface area (Å²) in [6.07, 6.45) is 5.35. The number of epoxide rings is 1. The fraction of sp³-hybridized carbons (Fsp3) is 0.500. The first kappa shape index (κ1) is 22.0. The average Bonchev–Trinajstić information content (AvgIpc) is 3.23. The van der Waals surface area contributed by atoms with E-state index in [-0.39, 0.29) is 30.5 Å². The molecule has 3 aliphatic rings. The minimum absolute atomic E-state index is 0.0441. The second kappa shape index (κ2) is 8.57. The lowest BCUT2D eigenvalue weighted by Gasteiger charge is -2.28. The monoisotopic (exact) mass is 418 g/mol. The van der Waals surface area contributed by atoms with Crippen LogP contribution in [0.25, 0.3) is 0 Å². The molecule has 3 rings (SSSR count). The highest BCUT2D eigenvalue weighted by Gasteiger charge is 2.56. The number of fused-ring (bicyclic) bond motifs is 2. The molecule has 5 atom stereocenters. The van der Waals surface area contributed by atoms with Crippen LogP contribution in [0.3, 0.4) is 0 Å². The van der Waals surface area contributed by atoms with Gasteiger partial charge in [-0.1, -0.05) is 18.7 Å². The molecule has 0 spiro atoms. The summed E-state index contributed by atoms with van der Waals surface area (Å²) < 4.78 is 21.8. The summed E-state index contributed by atoms with van der Waals surface area (Å²) in [7, 11) is 0. The molecule has 2 heterocycles. The van der Waals surface area contributed by atoms with Crippen LogP contribution in [-0.4, -0.2) is 60.1 Å². The third-order valence-electron chi connectivity index (χ3n) is 5.51. The van der Waals surface area contributed by atoms with E-state index in [4.69, 9.17) is 18.9 Å². The number of aliphatic hydroxyl groups is 1. The molecule has 2 fully saturated rings. The number of esters is 3. The predicted molar refractivity (Wildman–Crippen MR) is 105 cm³/mol. The maximum atomic E-state index is 12.7. The van der Waals surface area contributed by atoms with Crippen LogP contribution in [0.4, 0.5) is 0 Å². The minimum atomic E-state index is -0.740. The Kier molecular flexibility index (Phi) is 6.28. The first-order valence-corrected chi connectivity index (χ1v) is 9.73. The Labute approximate surface area is 174 Å². The van der Waals surface area contributed by atoms with Crippen LogP contribution in [-0.2, 0) is 33.3 Å². The van der Waals surface area contributed by atoms with E-state index in [0.717, 1.165) is 0 Å². The van der Waals surface area contributed by atoms with Gasteiger partial charge in [0.05, 0.1) is 18.1 Å². The van der Waals surface area contributed by atoms with Crippen LogP contribution < -0.4 is 0 Å². The van der Waals surface area contributed by atoms with Crippen molar-refractivity contribution in [3.05, 3.63) is 47.6 Å². The van der Waals surface area contributed by atoms with Crippen LogP contribution in [0.15, 0.2) is 47.6 Å². The molecule has 0 amide bonds. The van der Waals surface area contributed by atoms with Crippen molar-refractivity contribution in [2.24, 2.45) is 5.92 Å². The Hall–Kier alpha value is -2.71. The van der Waals surface area contributed by atoms with Gasteiger partial charge < -0.3 is 24.1 Å². The average molecular weight is 418 g/mol. The van der Waals surface area contributed by atoms with Crippen molar-refractivity contribution >= 4 is 17.9 Å². The second-order valence-electron chi connectivity index (χ2n) is 7.87. The van der Waals surface area contributed by atoms with E-state index in [1.54, 1.807) is 19.1 Å². The van der Waals surface area contributed by atoms with Crippen LogP contribution in [0.1, 0.15) is 27.2 Å². The molecule has 1 N–H and O–H groups in total. The van der Waals surface area contributed by atoms with E-state index in [0.29, 0.717) is 12.0 Å². The van der Waals surface area contributed by atoms with Gasteiger partial charge in [0.25, 0.3) is 0 Å². The van der Waals surface area contributed by atoms with Crippen molar-refractivity contribution in [1.82, 2.24) is 0 Å². The number of rotatable bonds is 5. The topological polar surface area (TPSA) is 112 Å². The van der Waals surface area contributed by atoms with Crippen molar-refractivity contribution in [3.63, 3.8) is 0 Å². The number of carbonyl (C=O) groups is 3. The lowest BCUT2D eigenvalue weighted by atomic mass is 9.83. The van der Waals surface area contributed by atoms with Gasteiger partial charge in [-0.25, -0.2) is 9.59 Å². The molecule has 1 aliphatic carbocycles. The van der Waals surface area contributed by atoms with Crippen LogP contribution in [0.5, 0.6) is 0 Å². The smallest absolute Gasteiger partial charge is 0.334 e. The molecule has 0 bridgehead atoms. The standard InChI is InChI=1S/C22H26O8/c1-12(7-8-27-14(3)24)20(25)29-17-10-22(4)18(30-22)6-5-15(11-23)9-16-19(17)13(2)21(26)28-16/h5-7,9,16-19,23H,2,8,10-11H2,1,3-4H3/b6-5-,12-7+,15-9+. The van der Waals surface area contributed by atoms with E-state index in [1.807, 2.05) is 13.0 Å². The Balaban J connectivity index is 1.87. The number of hydrogen-bond donors (Lipinski definition) is 1. The van der Waals surface area contributed by atoms with Gasteiger partial charge in [-0.3, -0.25) is 4.79 Å². The lowest BCUT2D eigenvalue weighted by Crippen LogP contribution is -2.37. The highest BCUT2D eigenvalue weighted by atomic mass is 16.6. The van der Waals surface area contributed by atoms with Crippen LogP contribution in [0.2, 0.25) is 0 Å². The Morgan fingerprint density at radius 2 is 2.13 bits per heavy atom. The Bertz CT molecular complexity index is 851. The molecule has 30 heavy (non-hydrogen) atoms. The number of aliphatic hydroxyl groups excluding tert-OH is 1. The molecule has 162 valence electrons. The normalized spacial score (nSPS) is 35.9. The number of ether oxygens (including phenoxy) is 4. The number of hydrogen-bond acceptors (Lipinski definition) is 8. The van der Waals surface area contributed by atoms with Gasteiger partial charge in [0.1, 0.15) is 24.9 Å². The van der Waals surface area contributed by atoms with Crippen LogP contribution >= 0.6 is 0 Å². The SMILES string of the molecule is C=C1C(=O)OC2/C=C(CO)\C=C/C3OC3(C)CC(OC(=O)/C(C)=C/COC(C)=O)C12. The summed E-state index contributed by atoms with van der Waals surface area (Å²) >= 11 is 0. The molecule has 2 aliphatic heterocycles. The van der Waals surface area contributed by atoms with Gasteiger partial charge in [-0.15, -0.1) is 0 Å². The minimum Gasteiger partial charge on any atom is -0.462 e. The lowest BCUT2D eigenvalue weighted by molar-refractivity contribution is -0.148.